The van der Waals surface area contributed by atoms with E-state index >= 15 is 0 Å². The highest BCUT2D eigenvalue weighted by Gasteiger charge is 2.32. The number of hydrogen-bond acceptors (Lipinski definition) is 6. The number of amides is 1. The van der Waals surface area contributed by atoms with Gasteiger partial charge in [-0.1, -0.05) is 25.6 Å². The van der Waals surface area contributed by atoms with Crippen molar-refractivity contribution in [3.8, 4) is 0 Å². The molecule has 1 unspecified atom stereocenters. The molecule has 1 aromatic rings. The van der Waals surface area contributed by atoms with Crippen LogP contribution in [-0.2, 0) is 11.3 Å². The van der Waals surface area contributed by atoms with E-state index in [-0.39, 0.29) is 6.54 Å². The Bertz CT molecular complexity index is 522. The van der Waals surface area contributed by atoms with Crippen molar-refractivity contribution in [2.24, 2.45) is 5.41 Å². The molecule has 0 saturated heterocycles. The monoisotopic (exact) mass is 327 g/mol. The number of nitrogens with one attached hydrogen (secondary N) is 1. The number of thioether (sulfide) groups is 1. The van der Waals surface area contributed by atoms with E-state index in [9.17, 15) is 4.79 Å². The number of carbonyl (C=O) groups excluding carboxylic acids is 1. The fraction of sp³-hybridized carbons (Fsp3) is 0.800. The van der Waals surface area contributed by atoms with Crippen molar-refractivity contribution < 1.29 is 13.9 Å². The summed E-state index contributed by atoms with van der Waals surface area (Å²) in [4.78, 5) is 11.6. The predicted molar refractivity (Wildman–Crippen MR) is 84.6 cm³/mol. The number of aromatic nitrogens is 2. The summed E-state index contributed by atoms with van der Waals surface area (Å²) in [5, 5.41) is 11.7. The van der Waals surface area contributed by atoms with Crippen LogP contribution in [0.5, 0.6) is 0 Å². The van der Waals surface area contributed by atoms with Crippen molar-refractivity contribution in [2.75, 3.05) is 0 Å². The number of carbonyl (C=O) groups is 1. The standard InChI is InChI=1S/C15H25N3O3S/c1-14(2,3)21-12(19)16-9-11-17-18-13(20-11)22-10-6-7-15(4,5)8-10/h10H,6-9H2,1-5H3,(H,16,19). The Hall–Kier alpha value is -1.24. The molecule has 1 N–H and O–H groups in total. The second kappa shape index (κ2) is 6.48. The molecule has 0 bridgehead atoms. The number of hydrogen-bond donors (Lipinski definition) is 1. The molecule has 22 heavy (non-hydrogen) atoms. The van der Waals surface area contributed by atoms with E-state index in [4.69, 9.17) is 9.15 Å². The lowest BCUT2D eigenvalue weighted by Crippen LogP contribution is -2.32. The summed E-state index contributed by atoms with van der Waals surface area (Å²) in [5.41, 5.74) is -0.117. The van der Waals surface area contributed by atoms with Crippen molar-refractivity contribution in [3.63, 3.8) is 0 Å². The van der Waals surface area contributed by atoms with Crippen molar-refractivity contribution in [1.82, 2.24) is 15.5 Å². The molecular weight excluding hydrogens is 302 g/mol. The zero-order valence-electron chi connectivity index (χ0n) is 13.9. The maximum Gasteiger partial charge on any atom is 0.408 e. The van der Waals surface area contributed by atoms with E-state index in [0.717, 1.165) is 6.42 Å². The highest BCUT2D eigenvalue weighted by Crippen LogP contribution is 2.44. The fourth-order valence-electron chi connectivity index (χ4n) is 2.43. The third kappa shape index (κ3) is 5.51. The molecule has 1 aliphatic carbocycles. The molecular formula is C15H25N3O3S. The fourth-order valence-corrected chi connectivity index (χ4v) is 3.72. The Morgan fingerprint density at radius 1 is 1.45 bits per heavy atom. The van der Waals surface area contributed by atoms with E-state index < -0.39 is 11.7 Å². The zero-order valence-corrected chi connectivity index (χ0v) is 14.7. The Kier molecular flexibility index (Phi) is 5.04. The van der Waals surface area contributed by atoms with Crippen LogP contribution in [0, 0.1) is 5.41 Å². The van der Waals surface area contributed by atoms with Crippen LogP contribution >= 0.6 is 11.8 Å². The molecule has 2 rings (SSSR count). The smallest absolute Gasteiger partial charge is 0.408 e. The third-order valence-electron chi connectivity index (χ3n) is 3.42. The molecule has 0 aromatic carbocycles. The van der Waals surface area contributed by atoms with Gasteiger partial charge in [0.25, 0.3) is 5.22 Å². The first kappa shape index (κ1) is 17.1. The van der Waals surface area contributed by atoms with Gasteiger partial charge in [0, 0.05) is 5.25 Å². The summed E-state index contributed by atoms with van der Waals surface area (Å²) < 4.78 is 10.7. The van der Waals surface area contributed by atoms with Gasteiger partial charge in [0.05, 0.1) is 6.54 Å². The van der Waals surface area contributed by atoms with Gasteiger partial charge < -0.3 is 14.5 Å². The second-order valence-corrected chi connectivity index (χ2v) is 8.72. The molecule has 0 spiro atoms. The summed E-state index contributed by atoms with van der Waals surface area (Å²) >= 11 is 1.63. The van der Waals surface area contributed by atoms with Gasteiger partial charge in [0.1, 0.15) is 5.60 Å². The molecule has 1 amide bonds. The third-order valence-corrected chi connectivity index (χ3v) is 4.52. The molecule has 1 saturated carbocycles. The van der Waals surface area contributed by atoms with Crippen LogP contribution in [0.1, 0.15) is 59.8 Å². The normalized spacial score (nSPS) is 20.9. The number of nitrogens with zero attached hydrogens (tertiary/aromatic N) is 2. The van der Waals surface area contributed by atoms with Crippen LogP contribution in [0.4, 0.5) is 4.79 Å². The highest BCUT2D eigenvalue weighted by atomic mass is 32.2. The van der Waals surface area contributed by atoms with E-state index in [1.165, 1.54) is 12.8 Å². The largest absolute Gasteiger partial charge is 0.444 e. The predicted octanol–water partition coefficient (Wildman–Crippen LogP) is 3.77. The van der Waals surface area contributed by atoms with Crippen LogP contribution in [0.3, 0.4) is 0 Å². The molecule has 1 aliphatic rings. The summed E-state index contributed by atoms with van der Waals surface area (Å²) in [7, 11) is 0. The summed E-state index contributed by atoms with van der Waals surface area (Å²) in [6.45, 7) is 10.2. The molecule has 7 heteroatoms. The van der Waals surface area contributed by atoms with Gasteiger partial charge in [0.2, 0.25) is 5.89 Å². The van der Waals surface area contributed by atoms with E-state index in [1.807, 2.05) is 20.8 Å². The zero-order chi connectivity index (χ0) is 16.4. The summed E-state index contributed by atoms with van der Waals surface area (Å²) in [6.07, 6.45) is 3.07. The van der Waals surface area contributed by atoms with Gasteiger partial charge in [-0.15, -0.1) is 10.2 Å². The van der Waals surface area contributed by atoms with Crippen LogP contribution in [-0.4, -0.2) is 27.1 Å². The molecule has 124 valence electrons. The van der Waals surface area contributed by atoms with Crippen molar-refractivity contribution in [1.29, 1.82) is 0 Å². The Morgan fingerprint density at radius 3 is 2.77 bits per heavy atom. The quantitative estimate of drug-likeness (QED) is 0.907. The lowest BCUT2D eigenvalue weighted by Gasteiger charge is -2.19. The van der Waals surface area contributed by atoms with Crippen LogP contribution in [0.15, 0.2) is 9.64 Å². The first-order chi connectivity index (χ1) is 10.1. The van der Waals surface area contributed by atoms with Crippen LogP contribution in [0.2, 0.25) is 0 Å². The van der Waals surface area contributed by atoms with E-state index in [1.54, 1.807) is 11.8 Å². The lowest BCUT2D eigenvalue weighted by molar-refractivity contribution is 0.0518. The average Bonchev–Trinajstić information content (AvgIpc) is 2.92. The SMILES string of the molecule is CC1(C)CCC(Sc2nnc(CNC(=O)OC(C)(C)C)o2)C1. The Morgan fingerprint density at radius 2 is 2.18 bits per heavy atom. The van der Waals surface area contributed by atoms with Gasteiger partial charge >= 0.3 is 6.09 Å². The van der Waals surface area contributed by atoms with Crippen molar-refractivity contribution in [3.05, 3.63) is 5.89 Å². The second-order valence-electron chi connectivity index (χ2n) is 7.46. The van der Waals surface area contributed by atoms with E-state index in [2.05, 4.69) is 29.4 Å². The molecule has 1 atom stereocenters. The number of ether oxygens (including phenoxy) is 1. The number of alkyl carbamates (subject to hydrolysis) is 1. The molecule has 1 aromatic heterocycles. The molecule has 0 aliphatic heterocycles. The first-order valence-electron chi connectivity index (χ1n) is 7.59. The van der Waals surface area contributed by atoms with Crippen molar-refractivity contribution >= 4 is 17.9 Å². The number of rotatable bonds is 4. The summed E-state index contributed by atoms with van der Waals surface area (Å²) in [5.74, 6) is 0.394. The van der Waals surface area contributed by atoms with Crippen LogP contribution in [0.25, 0.3) is 0 Å². The van der Waals surface area contributed by atoms with Crippen molar-refractivity contribution in [2.45, 2.75) is 76.5 Å². The average molecular weight is 327 g/mol. The minimum atomic E-state index is -0.519. The maximum atomic E-state index is 11.6. The molecule has 6 nitrogen and oxygen atoms in total. The minimum absolute atomic E-state index is 0.179. The topological polar surface area (TPSA) is 77.2 Å². The Labute approximate surface area is 135 Å². The Balaban J connectivity index is 1.78. The van der Waals surface area contributed by atoms with Gasteiger partial charge in [-0.3, -0.25) is 0 Å². The minimum Gasteiger partial charge on any atom is -0.444 e. The highest BCUT2D eigenvalue weighted by molar-refractivity contribution is 7.99. The summed E-state index contributed by atoms with van der Waals surface area (Å²) in [6, 6.07) is 0. The molecule has 0 radical (unpaired) electrons. The maximum absolute atomic E-state index is 11.6. The first-order valence-corrected chi connectivity index (χ1v) is 8.47. The van der Waals surface area contributed by atoms with Gasteiger partial charge in [-0.2, -0.15) is 0 Å². The molecule has 1 fully saturated rings. The van der Waals surface area contributed by atoms with E-state index in [0.29, 0.717) is 21.8 Å². The van der Waals surface area contributed by atoms with Gasteiger partial charge in [-0.25, -0.2) is 4.79 Å². The molecule has 1 heterocycles. The van der Waals surface area contributed by atoms with Gasteiger partial charge in [0.15, 0.2) is 0 Å². The lowest BCUT2D eigenvalue weighted by atomic mass is 9.92. The van der Waals surface area contributed by atoms with Gasteiger partial charge in [-0.05, 0) is 45.4 Å². The van der Waals surface area contributed by atoms with Crippen LogP contribution < -0.4 is 5.32 Å².